The van der Waals surface area contributed by atoms with Gasteiger partial charge in [-0.15, -0.1) is 11.5 Å². The van der Waals surface area contributed by atoms with Crippen molar-refractivity contribution < 1.29 is 0 Å². The highest BCUT2D eigenvalue weighted by molar-refractivity contribution is 6.83. The molecule has 0 N–H and O–H groups in total. The van der Waals surface area contributed by atoms with Gasteiger partial charge >= 0.3 is 0 Å². The average Bonchev–Trinajstić information content (AvgIpc) is 2.43. The van der Waals surface area contributed by atoms with Gasteiger partial charge in [0, 0.05) is 26.0 Å². The van der Waals surface area contributed by atoms with E-state index in [9.17, 15) is 0 Å². The molecule has 0 aliphatic heterocycles. The molecule has 112 valence electrons. The van der Waals surface area contributed by atoms with Gasteiger partial charge in [-0.05, 0) is 35.0 Å². The van der Waals surface area contributed by atoms with Crippen molar-refractivity contribution in [3.8, 4) is 23.3 Å². The van der Waals surface area contributed by atoms with Gasteiger partial charge in [-0.1, -0.05) is 56.7 Å². The van der Waals surface area contributed by atoms with Gasteiger partial charge in [0.1, 0.15) is 8.07 Å². The molecule has 0 fully saturated rings. The fraction of sp³-hybridized carbons (Fsp3) is 0.300. The summed E-state index contributed by atoms with van der Waals surface area (Å²) in [5.74, 6) is 9.95. The molecule has 0 aromatic heterocycles. The van der Waals surface area contributed by atoms with Crippen molar-refractivity contribution in [2.75, 3.05) is 0 Å². The van der Waals surface area contributed by atoms with E-state index in [0.717, 1.165) is 17.2 Å². The van der Waals surface area contributed by atoms with E-state index < -0.39 is 16.9 Å². The molecule has 0 radical (unpaired) electrons. The Balaban J connectivity index is 2.33. The quantitative estimate of drug-likeness (QED) is 0.517. The van der Waals surface area contributed by atoms with Crippen LogP contribution in [-0.4, -0.2) is 16.9 Å². The number of rotatable bonds is 1. The standard InChI is InChI=1S/C20H24Si2/c1-21(2)13-6-7-17-8-10-19-11-9-18(16-20(19)15-17)12-14-22(3,4)5/h8-11,15-16,21H,13H2,1-5H3. The second kappa shape index (κ2) is 7.01. The number of hydrogen-bond acceptors (Lipinski definition) is 0. The van der Waals surface area contributed by atoms with Gasteiger partial charge in [-0.3, -0.25) is 0 Å². The predicted octanol–water partition coefficient (Wildman–Crippen LogP) is 4.91. The number of hydrogen-bond donors (Lipinski definition) is 0. The minimum atomic E-state index is -1.33. The Bertz CT molecular complexity index is 788. The Morgan fingerprint density at radius 3 is 2.00 bits per heavy atom. The molecule has 0 bridgehead atoms. The summed E-state index contributed by atoms with van der Waals surface area (Å²) in [6.07, 6.45) is 0. The van der Waals surface area contributed by atoms with E-state index in [-0.39, 0.29) is 0 Å². The highest BCUT2D eigenvalue weighted by Gasteiger charge is 2.07. The van der Waals surface area contributed by atoms with Crippen LogP contribution in [-0.2, 0) is 0 Å². The summed E-state index contributed by atoms with van der Waals surface area (Å²) in [5.41, 5.74) is 5.64. The van der Waals surface area contributed by atoms with Gasteiger partial charge in [-0.25, -0.2) is 0 Å². The first-order valence-corrected chi connectivity index (χ1v) is 14.5. The molecular weight excluding hydrogens is 296 g/mol. The molecule has 0 heterocycles. The second-order valence-electron chi connectivity index (χ2n) is 7.18. The molecule has 0 amide bonds. The minimum absolute atomic E-state index is 0.583. The fourth-order valence-corrected chi connectivity index (χ4v) is 3.05. The Morgan fingerprint density at radius 2 is 1.45 bits per heavy atom. The van der Waals surface area contributed by atoms with E-state index in [1.54, 1.807) is 0 Å². The summed E-state index contributed by atoms with van der Waals surface area (Å²) in [6.45, 7) is 11.5. The Morgan fingerprint density at radius 1 is 0.864 bits per heavy atom. The van der Waals surface area contributed by atoms with Crippen molar-refractivity contribution >= 4 is 27.6 Å². The van der Waals surface area contributed by atoms with Crippen LogP contribution >= 0.6 is 0 Å². The molecular formula is C20H24Si2. The highest BCUT2D eigenvalue weighted by atomic mass is 28.3. The lowest BCUT2D eigenvalue weighted by atomic mass is 10.0. The SMILES string of the molecule is C[SiH](C)CC#Cc1ccc2ccc(C#C[Si](C)(C)C)cc2c1. The maximum absolute atomic E-state index is 3.43. The van der Waals surface area contributed by atoms with Crippen LogP contribution in [0.15, 0.2) is 36.4 Å². The lowest BCUT2D eigenvalue weighted by molar-refractivity contribution is 1.65. The molecule has 2 aromatic carbocycles. The van der Waals surface area contributed by atoms with Crippen molar-refractivity contribution in [1.29, 1.82) is 0 Å². The van der Waals surface area contributed by atoms with Crippen molar-refractivity contribution in [1.82, 2.24) is 0 Å². The first kappa shape index (κ1) is 16.6. The van der Waals surface area contributed by atoms with Crippen molar-refractivity contribution in [2.45, 2.75) is 38.8 Å². The normalized spacial score (nSPS) is 10.8. The summed E-state index contributed by atoms with van der Waals surface area (Å²) in [5, 5.41) is 2.48. The first-order valence-electron chi connectivity index (χ1n) is 7.89. The average molecular weight is 321 g/mol. The smallest absolute Gasteiger partial charge is 0.127 e. The van der Waals surface area contributed by atoms with Crippen molar-refractivity contribution in [2.24, 2.45) is 0 Å². The Labute approximate surface area is 137 Å². The third-order valence-corrected chi connectivity index (χ3v) is 5.06. The lowest BCUT2D eigenvalue weighted by Gasteiger charge is -2.04. The number of benzene rings is 2. The monoisotopic (exact) mass is 320 g/mol. The second-order valence-corrected chi connectivity index (χ2v) is 15.1. The molecule has 0 saturated heterocycles. The molecule has 0 nitrogen and oxygen atoms in total. The van der Waals surface area contributed by atoms with E-state index in [4.69, 9.17) is 0 Å². The molecule has 0 aliphatic rings. The van der Waals surface area contributed by atoms with Crippen LogP contribution in [0.4, 0.5) is 0 Å². The van der Waals surface area contributed by atoms with Crippen molar-refractivity contribution in [3.05, 3.63) is 47.5 Å². The predicted molar refractivity (Wildman–Crippen MR) is 105 cm³/mol. The maximum atomic E-state index is 3.43. The zero-order valence-electron chi connectivity index (χ0n) is 14.2. The van der Waals surface area contributed by atoms with Gasteiger partial charge in [-0.2, -0.15) is 0 Å². The van der Waals surface area contributed by atoms with Crippen LogP contribution in [0.1, 0.15) is 11.1 Å². The minimum Gasteiger partial charge on any atom is -0.127 e. The molecule has 2 heteroatoms. The van der Waals surface area contributed by atoms with E-state index in [0.29, 0.717) is 0 Å². The van der Waals surface area contributed by atoms with Crippen LogP contribution in [0.3, 0.4) is 0 Å². The summed E-state index contributed by atoms with van der Waals surface area (Å²) in [6, 6.07) is 14.0. The summed E-state index contributed by atoms with van der Waals surface area (Å²) in [4.78, 5) is 0. The van der Waals surface area contributed by atoms with Crippen LogP contribution in [0.5, 0.6) is 0 Å². The Hall–Kier alpha value is -1.75. The largest absolute Gasteiger partial charge is 0.129 e. The highest BCUT2D eigenvalue weighted by Crippen LogP contribution is 2.17. The topological polar surface area (TPSA) is 0 Å². The summed E-state index contributed by atoms with van der Waals surface area (Å²) >= 11 is 0. The molecule has 0 spiro atoms. The first-order chi connectivity index (χ1) is 10.3. The van der Waals surface area contributed by atoms with E-state index in [1.807, 2.05) is 0 Å². The van der Waals surface area contributed by atoms with E-state index in [2.05, 4.69) is 92.4 Å². The zero-order chi connectivity index (χ0) is 16.2. The van der Waals surface area contributed by atoms with Gasteiger partial charge < -0.3 is 0 Å². The molecule has 22 heavy (non-hydrogen) atoms. The summed E-state index contributed by atoms with van der Waals surface area (Å²) < 4.78 is 0. The molecule has 2 rings (SSSR count). The van der Waals surface area contributed by atoms with Crippen molar-refractivity contribution in [3.63, 3.8) is 0 Å². The third-order valence-electron chi connectivity index (χ3n) is 3.17. The van der Waals surface area contributed by atoms with E-state index in [1.165, 1.54) is 10.8 Å². The van der Waals surface area contributed by atoms with E-state index >= 15 is 0 Å². The van der Waals surface area contributed by atoms with Gasteiger partial charge in [0.15, 0.2) is 0 Å². The van der Waals surface area contributed by atoms with Crippen LogP contribution in [0, 0.1) is 23.3 Å². The van der Waals surface area contributed by atoms with Gasteiger partial charge in [0.05, 0.1) is 0 Å². The lowest BCUT2D eigenvalue weighted by Crippen LogP contribution is -2.16. The maximum Gasteiger partial charge on any atom is 0.129 e. The number of fused-ring (bicyclic) bond motifs is 1. The zero-order valence-corrected chi connectivity index (χ0v) is 16.4. The molecule has 0 saturated carbocycles. The van der Waals surface area contributed by atoms with Gasteiger partial charge in [0.25, 0.3) is 0 Å². The molecule has 2 aromatic rings. The third kappa shape index (κ3) is 5.22. The van der Waals surface area contributed by atoms with Crippen LogP contribution in [0.25, 0.3) is 10.8 Å². The fourth-order valence-electron chi connectivity index (χ4n) is 2.02. The van der Waals surface area contributed by atoms with Crippen LogP contribution < -0.4 is 0 Å². The molecule has 0 unspecified atom stereocenters. The molecule has 0 aliphatic carbocycles. The summed E-state index contributed by atoms with van der Waals surface area (Å²) in [7, 11) is -1.91. The Kier molecular flexibility index (Phi) is 5.30. The van der Waals surface area contributed by atoms with Gasteiger partial charge in [0.2, 0.25) is 0 Å². The molecule has 0 atom stereocenters. The van der Waals surface area contributed by atoms with Crippen LogP contribution in [0.2, 0.25) is 38.8 Å².